The highest BCUT2D eigenvalue weighted by Gasteiger charge is 2.13. The molecule has 1 aromatic carbocycles. The molecule has 96 valence electrons. The van der Waals surface area contributed by atoms with Gasteiger partial charge in [-0.25, -0.2) is 9.37 Å². The zero-order valence-corrected chi connectivity index (χ0v) is 10.3. The van der Waals surface area contributed by atoms with Crippen molar-refractivity contribution in [2.24, 2.45) is 0 Å². The van der Waals surface area contributed by atoms with E-state index in [4.69, 9.17) is 23.1 Å². The molecule has 6 N–H and O–H groups in total. The van der Waals surface area contributed by atoms with Crippen molar-refractivity contribution in [2.45, 2.75) is 6.42 Å². The van der Waals surface area contributed by atoms with E-state index in [-0.39, 0.29) is 22.1 Å². The van der Waals surface area contributed by atoms with Gasteiger partial charge < -0.3 is 21.8 Å². The molecule has 2 rings (SSSR count). The average molecular weight is 270 g/mol. The molecule has 0 unspecified atom stereocenters. The molecule has 18 heavy (non-hydrogen) atoms. The van der Waals surface area contributed by atoms with E-state index < -0.39 is 5.82 Å². The van der Waals surface area contributed by atoms with Crippen molar-refractivity contribution in [3.8, 4) is 0 Å². The smallest absolute Gasteiger partial charge is 0.169 e. The summed E-state index contributed by atoms with van der Waals surface area (Å²) in [5, 5.41) is 2.78. The van der Waals surface area contributed by atoms with E-state index in [0.29, 0.717) is 13.0 Å². The Hall–Kier alpha value is -1.95. The Morgan fingerprint density at radius 3 is 2.83 bits per heavy atom. The van der Waals surface area contributed by atoms with Crippen LogP contribution in [-0.4, -0.2) is 16.5 Å². The Bertz CT molecular complexity index is 541. The highest BCUT2D eigenvalue weighted by Crippen LogP contribution is 2.33. The quantitative estimate of drug-likeness (QED) is 0.639. The van der Waals surface area contributed by atoms with E-state index in [2.05, 4.69) is 15.3 Å². The first-order chi connectivity index (χ1) is 8.59. The minimum absolute atomic E-state index is 0.117. The number of rotatable bonds is 4. The summed E-state index contributed by atoms with van der Waals surface area (Å²) < 4.78 is 13.8. The van der Waals surface area contributed by atoms with Crippen LogP contribution in [0.3, 0.4) is 0 Å². The maximum absolute atomic E-state index is 13.8. The van der Waals surface area contributed by atoms with Crippen LogP contribution in [0, 0.1) is 5.82 Å². The molecule has 0 saturated heterocycles. The lowest BCUT2D eigenvalue weighted by molar-refractivity contribution is 0.631. The maximum Gasteiger partial charge on any atom is 0.169 e. The minimum Gasteiger partial charge on any atom is -0.397 e. The Kier molecular flexibility index (Phi) is 3.57. The number of benzene rings is 1. The summed E-state index contributed by atoms with van der Waals surface area (Å²) in [5.74, 6) is -0.626. The largest absolute Gasteiger partial charge is 0.397 e. The van der Waals surface area contributed by atoms with Crippen LogP contribution in [0.15, 0.2) is 18.6 Å². The molecule has 0 aliphatic carbocycles. The van der Waals surface area contributed by atoms with Gasteiger partial charge >= 0.3 is 0 Å². The van der Waals surface area contributed by atoms with Crippen molar-refractivity contribution in [3.63, 3.8) is 0 Å². The molecular formula is C11H13ClFN5. The summed E-state index contributed by atoms with van der Waals surface area (Å²) in [6.07, 6.45) is 3.96. The molecule has 5 nitrogen and oxygen atoms in total. The predicted molar refractivity (Wildman–Crippen MR) is 71.0 cm³/mol. The topological polar surface area (TPSA) is 92.8 Å². The molecule has 2 aromatic rings. The molecular weight excluding hydrogens is 257 g/mol. The number of hydrogen-bond acceptors (Lipinski definition) is 4. The number of nitrogens with two attached hydrogens (primary N) is 2. The van der Waals surface area contributed by atoms with E-state index in [0.717, 1.165) is 5.69 Å². The summed E-state index contributed by atoms with van der Waals surface area (Å²) >= 11 is 5.72. The average Bonchev–Trinajstić information content (AvgIpc) is 2.84. The molecule has 0 amide bonds. The van der Waals surface area contributed by atoms with E-state index in [1.807, 2.05) is 0 Å². The molecule has 0 radical (unpaired) electrons. The van der Waals surface area contributed by atoms with Gasteiger partial charge in [0.05, 0.1) is 23.4 Å². The number of hydrogen-bond donors (Lipinski definition) is 4. The third kappa shape index (κ3) is 2.48. The lowest BCUT2D eigenvalue weighted by atomic mass is 10.2. The van der Waals surface area contributed by atoms with Gasteiger partial charge in [0.25, 0.3) is 0 Å². The molecule has 7 heteroatoms. The van der Waals surface area contributed by atoms with Crippen molar-refractivity contribution >= 4 is 28.7 Å². The predicted octanol–water partition coefficient (Wildman–Crippen LogP) is 2.02. The first-order valence-electron chi connectivity index (χ1n) is 5.33. The Balaban J connectivity index is 2.07. The van der Waals surface area contributed by atoms with Crippen LogP contribution < -0.4 is 16.8 Å². The monoisotopic (exact) mass is 269 g/mol. The van der Waals surface area contributed by atoms with Crippen molar-refractivity contribution in [1.29, 1.82) is 0 Å². The van der Waals surface area contributed by atoms with E-state index in [1.165, 1.54) is 6.07 Å². The standard InChI is InChI=1S/C11H13ClFN5/c12-9-7(14)3-8(15)11(10(9)13)17-2-1-6-4-16-5-18-6/h3-5,17H,1-2,14-15H2,(H,16,18). The molecule has 1 heterocycles. The third-order valence-corrected chi connectivity index (χ3v) is 2.90. The van der Waals surface area contributed by atoms with Gasteiger partial charge in [-0.1, -0.05) is 11.6 Å². The summed E-state index contributed by atoms with van der Waals surface area (Å²) in [7, 11) is 0. The van der Waals surface area contributed by atoms with Gasteiger partial charge in [0, 0.05) is 24.9 Å². The minimum atomic E-state index is -0.626. The normalized spacial score (nSPS) is 10.6. The number of nitrogen functional groups attached to an aromatic ring is 2. The van der Waals surface area contributed by atoms with Gasteiger partial charge in [0.15, 0.2) is 5.82 Å². The van der Waals surface area contributed by atoms with Gasteiger partial charge in [0.2, 0.25) is 0 Å². The number of nitrogens with zero attached hydrogens (tertiary/aromatic N) is 1. The van der Waals surface area contributed by atoms with Gasteiger partial charge in [0.1, 0.15) is 5.02 Å². The van der Waals surface area contributed by atoms with Crippen LogP contribution >= 0.6 is 11.6 Å². The number of H-pyrrole nitrogens is 1. The number of aromatic nitrogens is 2. The second kappa shape index (κ2) is 5.14. The van der Waals surface area contributed by atoms with Crippen LogP contribution in [0.4, 0.5) is 21.5 Å². The zero-order chi connectivity index (χ0) is 13.1. The molecule has 1 aromatic heterocycles. The fourth-order valence-electron chi connectivity index (χ4n) is 1.59. The van der Waals surface area contributed by atoms with Gasteiger partial charge in [-0.05, 0) is 6.07 Å². The second-order valence-corrected chi connectivity index (χ2v) is 4.19. The molecule has 0 bridgehead atoms. The Morgan fingerprint density at radius 2 is 2.17 bits per heavy atom. The first-order valence-corrected chi connectivity index (χ1v) is 5.71. The highest BCUT2D eigenvalue weighted by atomic mass is 35.5. The maximum atomic E-state index is 13.8. The molecule has 0 spiro atoms. The van der Waals surface area contributed by atoms with Crippen LogP contribution in [-0.2, 0) is 6.42 Å². The summed E-state index contributed by atoms with van der Waals surface area (Å²) in [6.45, 7) is 0.504. The van der Waals surface area contributed by atoms with E-state index in [9.17, 15) is 4.39 Å². The van der Waals surface area contributed by atoms with Crippen LogP contribution in [0.5, 0.6) is 0 Å². The van der Waals surface area contributed by atoms with E-state index in [1.54, 1.807) is 12.5 Å². The molecule has 0 atom stereocenters. The zero-order valence-electron chi connectivity index (χ0n) is 9.50. The van der Waals surface area contributed by atoms with Gasteiger partial charge in [-0.3, -0.25) is 0 Å². The highest BCUT2D eigenvalue weighted by molar-refractivity contribution is 6.33. The molecule has 0 saturated carbocycles. The second-order valence-electron chi connectivity index (χ2n) is 3.81. The fourth-order valence-corrected chi connectivity index (χ4v) is 1.74. The third-order valence-electron chi connectivity index (χ3n) is 2.52. The SMILES string of the molecule is Nc1cc(N)c(NCCc2cnc[nH]2)c(F)c1Cl. The van der Waals surface area contributed by atoms with Crippen molar-refractivity contribution in [2.75, 3.05) is 23.3 Å². The number of aromatic amines is 1. The van der Waals surface area contributed by atoms with Crippen LogP contribution in [0.25, 0.3) is 0 Å². The lowest BCUT2D eigenvalue weighted by Gasteiger charge is -2.12. The molecule has 0 fully saturated rings. The van der Waals surface area contributed by atoms with Crippen molar-refractivity contribution in [3.05, 3.63) is 35.1 Å². The Labute approximate surface area is 108 Å². The van der Waals surface area contributed by atoms with Crippen LogP contribution in [0.1, 0.15) is 5.69 Å². The molecule has 0 aliphatic heterocycles. The Morgan fingerprint density at radius 1 is 1.39 bits per heavy atom. The fraction of sp³-hybridized carbons (Fsp3) is 0.182. The number of nitrogens with one attached hydrogen (secondary N) is 2. The van der Waals surface area contributed by atoms with Crippen LogP contribution in [0.2, 0.25) is 5.02 Å². The van der Waals surface area contributed by atoms with Gasteiger partial charge in [-0.2, -0.15) is 0 Å². The summed E-state index contributed by atoms with van der Waals surface area (Å²) in [4.78, 5) is 6.84. The lowest BCUT2D eigenvalue weighted by Crippen LogP contribution is -2.10. The van der Waals surface area contributed by atoms with Crippen molar-refractivity contribution in [1.82, 2.24) is 9.97 Å². The summed E-state index contributed by atoms with van der Waals surface area (Å²) in [5.41, 5.74) is 12.7. The number of halogens is 2. The van der Waals surface area contributed by atoms with Crippen molar-refractivity contribution < 1.29 is 4.39 Å². The number of imidazole rings is 1. The molecule has 0 aliphatic rings. The first kappa shape index (κ1) is 12.5. The van der Waals surface area contributed by atoms with E-state index >= 15 is 0 Å². The summed E-state index contributed by atoms with van der Waals surface area (Å²) in [6, 6.07) is 1.43. The van der Waals surface area contributed by atoms with Gasteiger partial charge in [-0.15, -0.1) is 0 Å². The number of anilines is 3.